The Kier molecular flexibility index (Phi) is 4.17. The number of carbonyl (C=O) groups excluding carboxylic acids is 1. The summed E-state index contributed by atoms with van der Waals surface area (Å²) in [5, 5.41) is 10.6. The maximum absolute atomic E-state index is 13.7. The zero-order valence-corrected chi connectivity index (χ0v) is 14.3. The molecule has 3 rings (SSSR count). The molecular formula is C17H10BrF3O4. The molecule has 0 saturated heterocycles. The SMILES string of the molecule is COC(=O)COc1cc(Br)c2c(c1)C(O)(C(F)(F)F)c1ccc#cc1-2. The number of hydrogen-bond donors (Lipinski definition) is 1. The molecule has 25 heavy (non-hydrogen) atoms. The summed E-state index contributed by atoms with van der Waals surface area (Å²) in [6, 6.07) is 10.1. The molecule has 130 valence electrons. The summed E-state index contributed by atoms with van der Waals surface area (Å²) in [6.07, 6.45) is -4.97. The minimum atomic E-state index is -4.97. The second kappa shape index (κ2) is 5.93. The van der Waals surface area contributed by atoms with Gasteiger partial charge in [-0.3, -0.25) is 0 Å². The number of esters is 1. The highest BCUT2D eigenvalue weighted by atomic mass is 79.9. The first-order chi connectivity index (χ1) is 11.7. The monoisotopic (exact) mass is 414 g/mol. The van der Waals surface area contributed by atoms with Crippen LogP contribution in [0.25, 0.3) is 11.1 Å². The molecule has 0 aliphatic heterocycles. The zero-order chi connectivity index (χ0) is 18.4. The fourth-order valence-corrected chi connectivity index (χ4v) is 3.38. The number of ether oxygens (including phenoxy) is 2. The van der Waals surface area contributed by atoms with Crippen molar-refractivity contribution in [2.24, 2.45) is 0 Å². The predicted octanol–water partition coefficient (Wildman–Crippen LogP) is 3.38. The Balaban J connectivity index is 2.18. The van der Waals surface area contributed by atoms with E-state index in [-0.39, 0.29) is 26.9 Å². The van der Waals surface area contributed by atoms with E-state index in [1.165, 1.54) is 12.1 Å². The Morgan fingerprint density at radius 2 is 2.08 bits per heavy atom. The molecule has 0 saturated carbocycles. The van der Waals surface area contributed by atoms with Crippen molar-refractivity contribution in [3.05, 3.63) is 52.0 Å². The lowest BCUT2D eigenvalue weighted by Gasteiger charge is -2.28. The summed E-state index contributed by atoms with van der Waals surface area (Å²) >= 11 is 3.20. The average Bonchev–Trinajstić information content (AvgIpc) is 2.83. The molecule has 2 aromatic rings. The van der Waals surface area contributed by atoms with Crippen LogP contribution in [0.4, 0.5) is 13.2 Å². The molecule has 0 heterocycles. The summed E-state index contributed by atoms with van der Waals surface area (Å²) in [5.41, 5.74) is -3.70. The van der Waals surface area contributed by atoms with Crippen LogP contribution >= 0.6 is 15.9 Å². The second-order valence-electron chi connectivity index (χ2n) is 5.29. The smallest absolute Gasteiger partial charge is 0.425 e. The maximum atomic E-state index is 13.7. The first kappa shape index (κ1) is 17.6. The van der Waals surface area contributed by atoms with E-state index in [1.54, 1.807) is 0 Å². The number of halogens is 4. The Morgan fingerprint density at radius 1 is 1.36 bits per heavy atom. The van der Waals surface area contributed by atoms with E-state index in [4.69, 9.17) is 4.74 Å². The van der Waals surface area contributed by atoms with Gasteiger partial charge in [0.05, 0.1) is 7.11 Å². The van der Waals surface area contributed by atoms with Gasteiger partial charge in [0, 0.05) is 26.7 Å². The molecule has 0 aromatic heterocycles. The van der Waals surface area contributed by atoms with Crippen molar-refractivity contribution >= 4 is 21.9 Å². The van der Waals surface area contributed by atoms with E-state index in [0.717, 1.165) is 19.2 Å². The molecule has 1 unspecified atom stereocenters. The summed E-state index contributed by atoms with van der Waals surface area (Å²) in [4.78, 5) is 11.2. The number of benzene rings is 1. The third-order valence-electron chi connectivity index (χ3n) is 3.89. The lowest BCUT2D eigenvalue weighted by Crippen LogP contribution is -2.41. The number of fused-ring (bicyclic) bond motifs is 3. The number of methoxy groups -OCH3 is 1. The average molecular weight is 415 g/mol. The van der Waals surface area contributed by atoms with Gasteiger partial charge in [-0.1, -0.05) is 12.1 Å². The largest absolute Gasteiger partial charge is 0.482 e. The number of hydrogen-bond acceptors (Lipinski definition) is 4. The highest BCUT2D eigenvalue weighted by Gasteiger charge is 2.61. The fourth-order valence-electron chi connectivity index (χ4n) is 2.74. The van der Waals surface area contributed by atoms with Crippen LogP contribution in [0, 0.1) is 12.1 Å². The molecule has 0 amide bonds. The van der Waals surface area contributed by atoms with Gasteiger partial charge >= 0.3 is 12.1 Å². The molecule has 1 atom stereocenters. The number of aliphatic hydroxyl groups is 1. The van der Waals surface area contributed by atoms with E-state index >= 15 is 0 Å². The van der Waals surface area contributed by atoms with Gasteiger partial charge in [0.1, 0.15) is 5.75 Å². The number of rotatable bonds is 3. The third-order valence-corrected chi connectivity index (χ3v) is 4.51. The van der Waals surface area contributed by atoms with Gasteiger partial charge in [0.25, 0.3) is 0 Å². The Hall–Kier alpha value is -2.24. The highest BCUT2D eigenvalue weighted by Crippen LogP contribution is 2.56. The molecule has 0 radical (unpaired) electrons. The van der Waals surface area contributed by atoms with Gasteiger partial charge in [-0.2, -0.15) is 13.2 Å². The standard InChI is InChI=1S/C17H10BrF3O4/c1-24-14(22)8-25-9-6-12-15(13(18)7-9)10-4-2-3-5-11(10)16(12,23)17(19,20)21/h3,5-7,23H,8H2,1H3. The summed E-state index contributed by atoms with van der Waals surface area (Å²) < 4.78 is 51.1. The van der Waals surface area contributed by atoms with Gasteiger partial charge in [-0.15, -0.1) is 0 Å². The Morgan fingerprint density at radius 3 is 2.72 bits per heavy atom. The third kappa shape index (κ3) is 2.64. The highest BCUT2D eigenvalue weighted by molar-refractivity contribution is 9.10. The van der Waals surface area contributed by atoms with Crippen LogP contribution in [0.1, 0.15) is 11.1 Å². The maximum Gasteiger partial charge on any atom is 0.425 e. The van der Waals surface area contributed by atoms with Crippen molar-refractivity contribution < 1.29 is 32.5 Å². The van der Waals surface area contributed by atoms with Crippen molar-refractivity contribution in [3.63, 3.8) is 0 Å². The van der Waals surface area contributed by atoms with Gasteiger partial charge in [-0.25, -0.2) is 4.79 Å². The molecule has 0 fully saturated rings. The van der Waals surface area contributed by atoms with Crippen molar-refractivity contribution in [1.82, 2.24) is 0 Å². The van der Waals surface area contributed by atoms with Crippen molar-refractivity contribution in [3.8, 4) is 16.9 Å². The molecular weight excluding hydrogens is 405 g/mol. The quantitative estimate of drug-likeness (QED) is 0.782. The number of alkyl halides is 3. The van der Waals surface area contributed by atoms with E-state index in [1.807, 2.05) is 0 Å². The van der Waals surface area contributed by atoms with E-state index < -0.39 is 29.9 Å². The Bertz CT molecular complexity index is 850. The van der Waals surface area contributed by atoms with Crippen LogP contribution in [-0.4, -0.2) is 31.0 Å². The summed E-state index contributed by atoms with van der Waals surface area (Å²) in [5.74, 6) is -0.704. The van der Waals surface area contributed by atoms with Crippen molar-refractivity contribution in [2.45, 2.75) is 11.8 Å². The lowest BCUT2D eigenvalue weighted by atomic mass is 9.91. The minimum Gasteiger partial charge on any atom is -0.482 e. The predicted molar refractivity (Wildman–Crippen MR) is 83.8 cm³/mol. The molecule has 1 N–H and O–H groups in total. The van der Waals surface area contributed by atoms with Crippen LogP contribution in [-0.2, 0) is 15.1 Å². The fraction of sp³-hybridized carbons (Fsp3) is 0.235. The van der Waals surface area contributed by atoms with Crippen LogP contribution in [0.2, 0.25) is 0 Å². The van der Waals surface area contributed by atoms with E-state index in [2.05, 4.69) is 32.8 Å². The van der Waals surface area contributed by atoms with Gasteiger partial charge in [0.2, 0.25) is 5.60 Å². The van der Waals surface area contributed by atoms with Crippen LogP contribution in [0.3, 0.4) is 0 Å². The van der Waals surface area contributed by atoms with Gasteiger partial charge in [0.15, 0.2) is 6.61 Å². The van der Waals surface area contributed by atoms with Crippen molar-refractivity contribution in [1.29, 1.82) is 0 Å². The molecule has 0 bridgehead atoms. The minimum absolute atomic E-state index is 0.0181. The topological polar surface area (TPSA) is 55.8 Å². The Labute approximate surface area is 149 Å². The number of carbonyl (C=O) groups is 1. The van der Waals surface area contributed by atoms with Crippen LogP contribution in [0.15, 0.2) is 28.7 Å². The molecule has 2 aromatic carbocycles. The summed E-state index contributed by atoms with van der Waals surface area (Å²) in [7, 11) is 1.16. The zero-order valence-electron chi connectivity index (χ0n) is 12.7. The van der Waals surface area contributed by atoms with Crippen molar-refractivity contribution in [2.75, 3.05) is 13.7 Å². The van der Waals surface area contributed by atoms with Crippen LogP contribution in [0.5, 0.6) is 5.75 Å². The van der Waals surface area contributed by atoms with E-state index in [9.17, 15) is 23.1 Å². The normalized spacial score (nSPS) is 18.2. The first-order valence-corrected chi connectivity index (χ1v) is 7.75. The summed E-state index contributed by atoms with van der Waals surface area (Å²) in [6.45, 7) is -0.473. The molecule has 8 heteroatoms. The molecule has 0 spiro atoms. The lowest BCUT2D eigenvalue weighted by molar-refractivity contribution is -0.246. The molecule has 1 aliphatic rings. The molecule has 1 aliphatic carbocycles. The van der Waals surface area contributed by atoms with E-state index in [0.29, 0.717) is 0 Å². The first-order valence-electron chi connectivity index (χ1n) is 6.96. The van der Waals surface area contributed by atoms with Crippen LogP contribution < -0.4 is 4.74 Å². The van der Waals surface area contributed by atoms with Gasteiger partial charge in [-0.05, 0) is 40.2 Å². The molecule has 4 nitrogen and oxygen atoms in total. The van der Waals surface area contributed by atoms with Gasteiger partial charge < -0.3 is 14.6 Å². The second-order valence-corrected chi connectivity index (χ2v) is 6.15.